The third-order valence-corrected chi connectivity index (χ3v) is 4.14. The van der Waals surface area contributed by atoms with Gasteiger partial charge in [0.1, 0.15) is 11.9 Å². The number of halogens is 1. The number of hydrogen-bond acceptors (Lipinski definition) is 3. The van der Waals surface area contributed by atoms with E-state index in [0.29, 0.717) is 13.0 Å². The number of nitrogens with one attached hydrogen (secondary N) is 1. The second kappa shape index (κ2) is 5.41. The molecular formula is C15H15ClN2O3. The minimum absolute atomic E-state index is 0.150. The number of nitrogens with zero attached hydrogens (tertiary/aromatic N) is 1. The topological polar surface area (TPSA) is 62.4 Å². The Labute approximate surface area is 126 Å². The van der Waals surface area contributed by atoms with Crippen LogP contribution in [-0.2, 0) is 27.3 Å². The van der Waals surface area contributed by atoms with Crippen LogP contribution in [0.5, 0.6) is 0 Å². The highest BCUT2D eigenvalue weighted by Crippen LogP contribution is 2.30. The molecule has 0 spiro atoms. The van der Waals surface area contributed by atoms with Crippen molar-refractivity contribution < 1.29 is 14.3 Å². The highest BCUT2D eigenvalue weighted by atomic mass is 35.5. The molecule has 1 aromatic heterocycles. The third kappa shape index (κ3) is 2.27. The molecule has 0 saturated carbocycles. The summed E-state index contributed by atoms with van der Waals surface area (Å²) >= 11 is 5.65. The SMILES string of the molecule is COC(=O)[C@@H]1Cc2c([nH]c3ccccc23)CN1C(=O)CCl. The number of H-pyrrole nitrogens is 1. The molecule has 0 fully saturated rings. The largest absolute Gasteiger partial charge is 0.467 e. The lowest BCUT2D eigenvalue weighted by Gasteiger charge is -2.33. The number of aromatic amines is 1. The smallest absolute Gasteiger partial charge is 0.328 e. The van der Waals surface area contributed by atoms with E-state index in [1.165, 1.54) is 12.0 Å². The van der Waals surface area contributed by atoms with Gasteiger partial charge in [0.05, 0.1) is 13.7 Å². The number of esters is 1. The van der Waals surface area contributed by atoms with Crippen LogP contribution in [0.15, 0.2) is 24.3 Å². The van der Waals surface area contributed by atoms with Crippen LogP contribution in [0.1, 0.15) is 11.3 Å². The molecule has 1 amide bonds. The fraction of sp³-hybridized carbons (Fsp3) is 0.333. The second-order valence-corrected chi connectivity index (χ2v) is 5.29. The minimum atomic E-state index is -0.618. The van der Waals surface area contributed by atoms with Crippen molar-refractivity contribution in [1.29, 1.82) is 0 Å². The maximum Gasteiger partial charge on any atom is 0.328 e. The van der Waals surface area contributed by atoms with Crippen LogP contribution in [0.4, 0.5) is 0 Å². The van der Waals surface area contributed by atoms with Crippen molar-refractivity contribution in [2.45, 2.75) is 19.0 Å². The van der Waals surface area contributed by atoms with Crippen molar-refractivity contribution in [3.05, 3.63) is 35.5 Å². The number of methoxy groups -OCH3 is 1. The lowest BCUT2D eigenvalue weighted by molar-refractivity contribution is -0.153. The van der Waals surface area contributed by atoms with Crippen molar-refractivity contribution in [2.75, 3.05) is 13.0 Å². The standard InChI is InChI=1S/C15H15ClN2O3/c1-21-15(20)13-6-10-9-4-2-3-5-11(9)17-12(10)8-18(13)14(19)7-16/h2-5,13,17H,6-8H2,1H3/t13-/m0/s1. The van der Waals surface area contributed by atoms with E-state index in [4.69, 9.17) is 16.3 Å². The predicted molar refractivity (Wildman–Crippen MR) is 79.1 cm³/mol. The molecule has 1 aliphatic heterocycles. The summed E-state index contributed by atoms with van der Waals surface area (Å²) in [6.45, 7) is 0.343. The van der Waals surface area contributed by atoms with Crippen LogP contribution in [0, 0.1) is 0 Å². The number of ether oxygens (including phenoxy) is 1. The van der Waals surface area contributed by atoms with Crippen molar-refractivity contribution >= 4 is 34.4 Å². The molecule has 0 unspecified atom stereocenters. The van der Waals surface area contributed by atoms with Crippen molar-refractivity contribution in [3.8, 4) is 0 Å². The summed E-state index contributed by atoms with van der Waals surface area (Å²) < 4.78 is 4.83. The Hall–Kier alpha value is -2.01. The first-order valence-electron chi connectivity index (χ1n) is 6.67. The normalized spacial score (nSPS) is 17.6. The molecule has 21 heavy (non-hydrogen) atoms. The van der Waals surface area contributed by atoms with Gasteiger partial charge in [-0.05, 0) is 11.6 Å². The van der Waals surface area contributed by atoms with Crippen molar-refractivity contribution in [2.24, 2.45) is 0 Å². The first-order valence-corrected chi connectivity index (χ1v) is 7.21. The van der Waals surface area contributed by atoms with Gasteiger partial charge in [-0.2, -0.15) is 0 Å². The molecule has 2 aromatic rings. The maximum absolute atomic E-state index is 12.0. The fourth-order valence-corrected chi connectivity index (χ4v) is 3.05. The highest BCUT2D eigenvalue weighted by molar-refractivity contribution is 6.27. The highest BCUT2D eigenvalue weighted by Gasteiger charge is 2.36. The van der Waals surface area contributed by atoms with Gasteiger partial charge in [-0.25, -0.2) is 4.79 Å². The number of aromatic nitrogens is 1. The number of carbonyl (C=O) groups is 2. The van der Waals surface area contributed by atoms with Crippen LogP contribution in [0.25, 0.3) is 10.9 Å². The van der Waals surface area contributed by atoms with Gasteiger partial charge in [-0.15, -0.1) is 11.6 Å². The number of para-hydroxylation sites is 1. The molecule has 1 aliphatic rings. The Balaban J connectivity index is 2.07. The van der Waals surface area contributed by atoms with Crippen molar-refractivity contribution in [3.63, 3.8) is 0 Å². The Bertz CT molecular complexity index is 710. The first kappa shape index (κ1) is 13.9. The zero-order valence-corrected chi connectivity index (χ0v) is 12.3. The molecule has 0 radical (unpaired) electrons. The average Bonchev–Trinajstić information content (AvgIpc) is 2.89. The summed E-state index contributed by atoms with van der Waals surface area (Å²) in [4.78, 5) is 28.8. The fourth-order valence-electron chi connectivity index (χ4n) is 2.89. The van der Waals surface area contributed by atoms with Gasteiger partial charge in [0.2, 0.25) is 5.91 Å². The van der Waals surface area contributed by atoms with E-state index in [9.17, 15) is 9.59 Å². The molecule has 1 aromatic carbocycles. The summed E-state index contributed by atoms with van der Waals surface area (Å²) in [7, 11) is 1.33. The molecule has 0 saturated heterocycles. The molecule has 0 bridgehead atoms. The summed E-state index contributed by atoms with van der Waals surface area (Å²) in [6.07, 6.45) is 0.439. The van der Waals surface area contributed by atoms with E-state index < -0.39 is 12.0 Å². The molecule has 6 heteroatoms. The lowest BCUT2D eigenvalue weighted by Crippen LogP contribution is -2.49. The number of rotatable bonds is 2. The minimum Gasteiger partial charge on any atom is -0.467 e. The van der Waals surface area contributed by atoms with Gasteiger partial charge < -0.3 is 14.6 Å². The molecule has 5 nitrogen and oxygen atoms in total. The van der Waals surface area contributed by atoms with Gasteiger partial charge in [-0.1, -0.05) is 18.2 Å². The average molecular weight is 307 g/mol. The maximum atomic E-state index is 12.0. The van der Waals surface area contributed by atoms with Crippen molar-refractivity contribution in [1.82, 2.24) is 9.88 Å². The second-order valence-electron chi connectivity index (χ2n) is 5.03. The Morgan fingerprint density at radius 2 is 2.19 bits per heavy atom. The Morgan fingerprint density at radius 1 is 1.43 bits per heavy atom. The van der Waals surface area contributed by atoms with E-state index >= 15 is 0 Å². The lowest BCUT2D eigenvalue weighted by atomic mass is 9.96. The summed E-state index contributed by atoms with van der Waals surface area (Å²) in [5.41, 5.74) is 3.03. The number of hydrogen-bond donors (Lipinski definition) is 1. The quantitative estimate of drug-likeness (QED) is 0.680. The molecule has 2 heterocycles. The van der Waals surface area contributed by atoms with E-state index in [1.54, 1.807) is 0 Å². The predicted octanol–water partition coefficient (Wildman–Crippen LogP) is 1.83. The summed E-state index contributed by atoms with van der Waals surface area (Å²) in [5, 5.41) is 1.08. The van der Waals surface area contributed by atoms with Gasteiger partial charge in [-0.3, -0.25) is 4.79 Å². The molecule has 110 valence electrons. The van der Waals surface area contributed by atoms with Crippen LogP contribution in [-0.4, -0.2) is 40.8 Å². The van der Waals surface area contributed by atoms with Crippen LogP contribution < -0.4 is 0 Å². The summed E-state index contributed by atoms with van der Waals surface area (Å²) in [6, 6.07) is 7.28. The Kier molecular flexibility index (Phi) is 3.59. The van der Waals surface area contributed by atoms with Gasteiger partial charge in [0.25, 0.3) is 0 Å². The number of carbonyl (C=O) groups excluding carboxylic acids is 2. The van der Waals surface area contributed by atoms with E-state index in [1.807, 2.05) is 24.3 Å². The number of amides is 1. The zero-order chi connectivity index (χ0) is 15.0. The van der Waals surface area contributed by atoms with E-state index in [0.717, 1.165) is 22.2 Å². The molecular weight excluding hydrogens is 292 g/mol. The Morgan fingerprint density at radius 3 is 2.90 bits per heavy atom. The van der Waals surface area contributed by atoms with Crippen LogP contribution >= 0.6 is 11.6 Å². The van der Waals surface area contributed by atoms with Crippen LogP contribution in [0.3, 0.4) is 0 Å². The van der Waals surface area contributed by atoms with Crippen LogP contribution in [0.2, 0.25) is 0 Å². The number of alkyl halides is 1. The van der Waals surface area contributed by atoms with E-state index in [2.05, 4.69) is 4.98 Å². The molecule has 3 rings (SSSR count). The first-order chi connectivity index (χ1) is 10.2. The third-order valence-electron chi connectivity index (χ3n) is 3.91. The molecule has 0 aliphatic carbocycles. The number of fused-ring (bicyclic) bond motifs is 3. The van der Waals surface area contributed by atoms with E-state index in [-0.39, 0.29) is 11.8 Å². The monoisotopic (exact) mass is 306 g/mol. The van der Waals surface area contributed by atoms with Gasteiger partial charge in [0, 0.05) is 23.0 Å². The molecule has 1 N–H and O–H groups in total. The zero-order valence-electron chi connectivity index (χ0n) is 11.6. The van der Waals surface area contributed by atoms with Gasteiger partial charge >= 0.3 is 5.97 Å². The molecule has 1 atom stereocenters. The van der Waals surface area contributed by atoms with Gasteiger partial charge in [0.15, 0.2) is 0 Å². The number of benzene rings is 1. The summed E-state index contributed by atoms with van der Waals surface area (Å²) in [5.74, 6) is -0.830.